The Kier molecular flexibility index (Phi) is 7.18. The van der Waals surface area contributed by atoms with Crippen molar-refractivity contribution in [1.29, 1.82) is 0 Å². The van der Waals surface area contributed by atoms with E-state index in [2.05, 4.69) is 27.6 Å². The third-order valence-corrected chi connectivity index (χ3v) is 5.60. The molecule has 3 aliphatic rings. The fourth-order valence-corrected chi connectivity index (χ4v) is 4.29. The Morgan fingerprint density at radius 3 is 2.96 bits per heavy atom. The van der Waals surface area contributed by atoms with E-state index in [1.165, 1.54) is 6.42 Å². The number of hydrogen-bond donors (Lipinski definition) is 2. The maximum absolute atomic E-state index is 12.3. The molecule has 1 aromatic heterocycles. The van der Waals surface area contributed by atoms with Gasteiger partial charge in [-0.25, -0.2) is 9.48 Å². The van der Waals surface area contributed by atoms with Crippen molar-refractivity contribution in [3.05, 3.63) is 16.3 Å². The van der Waals surface area contributed by atoms with E-state index < -0.39 is 0 Å². The van der Waals surface area contributed by atoms with Crippen molar-refractivity contribution in [1.82, 2.24) is 25.0 Å². The Morgan fingerprint density at radius 2 is 2.26 bits per heavy atom. The van der Waals surface area contributed by atoms with Crippen LogP contribution in [0.1, 0.15) is 51.3 Å². The summed E-state index contributed by atoms with van der Waals surface area (Å²) >= 11 is 0. The van der Waals surface area contributed by atoms with Crippen LogP contribution in [0.4, 0.5) is 0 Å². The Bertz CT molecular complexity index is 715. The largest absolute Gasteiger partial charge is 0.373 e. The van der Waals surface area contributed by atoms with Crippen LogP contribution in [0.2, 0.25) is 0 Å². The first-order chi connectivity index (χ1) is 12.7. The number of halogens is 1. The minimum atomic E-state index is 0. The van der Waals surface area contributed by atoms with Crippen LogP contribution in [0, 0.1) is 0 Å². The van der Waals surface area contributed by atoms with E-state index in [9.17, 15) is 4.79 Å². The molecule has 0 spiro atoms. The van der Waals surface area contributed by atoms with E-state index in [1.807, 2.05) is 4.57 Å². The first-order valence-corrected chi connectivity index (χ1v) is 10.1. The zero-order chi connectivity index (χ0) is 17.9. The molecule has 3 unspecified atom stereocenters. The summed E-state index contributed by atoms with van der Waals surface area (Å²) in [6.45, 7) is 5.02. The molecule has 3 atom stereocenters. The van der Waals surface area contributed by atoms with Gasteiger partial charge >= 0.3 is 5.69 Å². The minimum Gasteiger partial charge on any atom is -0.373 e. The number of ether oxygens (including phenoxy) is 1. The van der Waals surface area contributed by atoms with Crippen LogP contribution in [0.15, 0.2) is 9.79 Å². The molecule has 9 heteroatoms. The normalized spacial score (nSPS) is 26.6. The number of hydrogen-bond acceptors (Lipinski definition) is 4. The molecule has 0 amide bonds. The van der Waals surface area contributed by atoms with E-state index in [1.54, 1.807) is 4.68 Å². The average Bonchev–Trinajstić information content (AvgIpc) is 3.34. The average molecular weight is 490 g/mol. The summed E-state index contributed by atoms with van der Waals surface area (Å²) in [5.41, 5.74) is 0.0350. The molecule has 8 nitrogen and oxygen atoms in total. The highest BCUT2D eigenvalue weighted by Gasteiger charge is 2.41. The van der Waals surface area contributed by atoms with Gasteiger partial charge in [0.05, 0.1) is 18.2 Å². The van der Waals surface area contributed by atoms with Gasteiger partial charge in [0.15, 0.2) is 5.96 Å². The molecule has 1 aromatic rings. The molecule has 2 N–H and O–H groups in total. The standard InChI is InChI=1S/C18H30N6O2.HI/c1-2-19-17(21-14-12-13-7-8-15(14)26-13)20-9-5-11-24-18(25)23-10-4-3-6-16(23)22-24;/h13-15H,2-12H2,1H3,(H2,19,20,21);1H. The first-order valence-electron chi connectivity index (χ1n) is 10.1. The Labute approximate surface area is 177 Å². The number of nitrogens with one attached hydrogen (secondary N) is 2. The second-order valence-electron chi connectivity index (χ2n) is 7.51. The molecule has 152 valence electrons. The second kappa shape index (κ2) is 9.40. The van der Waals surface area contributed by atoms with E-state index in [4.69, 9.17) is 4.74 Å². The molecule has 0 aliphatic carbocycles. The lowest BCUT2D eigenvalue weighted by atomic mass is 9.96. The zero-order valence-corrected chi connectivity index (χ0v) is 18.4. The van der Waals surface area contributed by atoms with Gasteiger partial charge in [-0.05, 0) is 45.4 Å². The fourth-order valence-electron chi connectivity index (χ4n) is 4.29. The van der Waals surface area contributed by atoms with Crippen molar-refractivity contribution in [2.75, 3.05) is 13.1 Å². The van der Waals surface area contributed by atoms with Crippen LogP contribution in [0.3, 0.4) is 0 Å². The van der Waals surface area contributed by atoms with Crippen molar-refractivity contribution >= 4 is 29.9 Å². The molecule has 2 saturated heterocycles. The van der Waals surface area contributed by atoms with Gasteiger partial charge in [0, 0.05) is 32.6 Å². The molecule has 0 aromatic carbocycles. The molecule has 27 heavy (non-hydrogen) atoms. The van der Waals surface area contributed by atoms with Crippen LogP contribution in [0.25, 0.3) is 0 Å². The summed E-state index contributed by atoms with van der Waals surface area (Å²) in [5, 5.41) is 11.3. The predicted molar refractivity (Wildman–Crippen MR) is 115 cm³/mol. The Balaban J connectivity index is 0.00000210. The van der Waals surface area contributed by atoms with E-state index >= 15 is 0 Å². The van der Waals surface area contributed by atoms with Crippen molar-refractivity contribution in [2.24, 2.45) is 4.99 Å². The number of rotatable bonds is 6. The summed E-state index contributed by atoms with van der Waals surface area (Å²) in [6, 6.07) is 0.369. The highest BCUT2D eigenvalue weighted by Crippen LogP contribution is 2.34. The topological polar surface area (TPSA) is 85.5 Å². The molecule has 4 heterocycles. The first kappa shape index (κ1) is 20.6. The molecule has 2 bridgehead atoms. The predicted octanol–water partition coefficient (Wildman–Crippen LogP) is 1.26. The highest BCUT2D eigenvalue weighted by atomic mass is 127. The Hall–Kier alpha value is -1.10. The highest BCUT2D eigenvalue weighted by molar-refractivity contribution is 14.0. The van der Waals surface area contributed by atoms with Gasteiger partial charge in [-0.15, -0.1) is 24.0 Å². The number of aryl methyl sites for hydroxylation is 2. The maximum atomic E-state index is 12.3. The van der Waals surface area contributed by atoms with Gasteiger partial charge in [0.1, 0.15) is 5.82 Å². The van der Waals surface area contributed by atoms with Gasteiger partial charge in [-0.3, -0.25) is 9.56 Å². The lowest BCUT2D eigenvalue weighted by molar-refractivity contribution is 0.0992. The summed E-state index contributed by atoms with van der Waals surface area (Å²) < 4.78 is 9.34. The summed E-state index contributed by atoms with van der Waals surface area (Å²) in [6.07, 6.45) is 8.11. The summed E-state index contributed by atoms with van der Waals surface area (Å²) in [7, 11) is 0. The lowest BCUT2D eigenvalue weighted by Gasteiger charge is -2.22. The van der Waals surface area contributed by atoms with Gasteiger partial charge in [0.2, 0.25) is 0 Å². The summed E-state index contributed by atoms with van der Waals surface area (Å²) in [4.78, 5) is 17.0. The zero-order valence-electron chi connectivity index (χ0n) is 16.0. The molecule has 4 rings (SSSR count). The molecule has 0 saturated carbocycles. The molecule has 0 radical (unpaired) electrons. The second-order valence-corrected chi connectivity index (χ2v) is 7.51. The van der Waals surface area contributed by atoms with Crippen molar-refractivity contribution in [2.45, 2.75) is 83.2 Å². The van der Waals surface area contributed by atoms with Crippen LogP contribution in [-0.4, -0.2) is 51.6 Å². The fraction of sp³-hybridized carbons (Fsp3) is 0.833. The van der Waals surface area contributed by atoms with Crippen LogP contribution < -0.4 is 16.3 Å². The van der Waals surface area contributed by atoms with E-state index in [0.717, 1.165) is 63.4 Å². The van der Waals surface area contributed by atoms with Crippen molar-refractivity contribution in [3.8, 4) is 0 Å². The number of aromatic nitrogens is 3. The third kappa shape index (κ3) is 4.67. The number of fused-ring (bicyclic) bond motifs is 3. The maximum Gasteiger partial charge on any atom is 0.345 e. The van der Waals surface area contributed by atoms with Crippen LogP contribution in [-0.2, 0) is 24.2 Å². The van der Waals surface area contributed by atoms with Crippen LogP contribution >= 0.6 is 24.0 Å². The molecule has 3 aliphatic heterocycles. The molecule has 2 fully saturated rings. The van der Waals surface area contributed by atoms with Gasteiger partial charge in [-0.2, -0.15) is 5.10 Å². The monoisotopic (exact) mass is 490 g/mol. The quantitative estimate of drug-likeness (QED) is 0.272. The third-order valence-electron chi connectivity index (χ3n) is 5.60. The Morgan fingerprint density at radius 1 is 1.37 bits per heavy atom. The minimum absolute atomic E-state index is 0. The number of aliphatic imine (C=N–C) groups is 1. The van der Waals surface area contributed by atoms with Gasteiger partial charge in [0.25, 0.3) is 0 Å². The van der Waals surface area contributed by atoms with Crippen LogP contribution in [0.5, 0.6) is 0 Å². The number of nitrogens with zero attached hydrogens (tertiary/aromatic N) is 4. The molecular formula is C18H31IN6O2. The van der Waals surface area contributed by atoms with Gasteiger partial charge < -0.3 is 15.4 Å². The lowest BCUT2D eigenvalue weighted by Crippen LogP contribution is -2.47. The van der Waals surface area contributed by atoms with E-state index in [-0.39, 0.29) is 29.7 Å². The smallest absolute Gasteiger partial charge is 0.345 e. The SMILES string of the molecule is CCNC(=NCCCn1nc2n(c1=O)CCCC2)NC1CC2CCC1O2.I. The van der Waals surface area contributed by atoms with E-state index in [0.29, 0.717) is 31.3 Å². The number of guanidine groups is 1. The van der Waals surface area contributed by atoms with Crippen molar-refractivity contribution < 1.29 is 4.74 Å². The summed E-state index contributed by atoms with van der Waals surface area (Å²) in [5.74, 6) is 1.79. The van der Waals surface area contributed by atoms with Gasteiger partial charge in [-0.1, -0.05) is 0 Å². The van der Waals surface area contributed by atoms with Crippen molar-refractivity contribution in [3.63, 3.8) is 0 Å². The molecular weight excluding hydrogens is 459 g/mol.